The number of carbonyl (C=O) groups is 1. The Morgan fingerprint density at radius 2 is 1.84 bits per heavy atom. The number of likely N-dealkylation sites (tertiary alicyclic amines) is 1. The first-order chi connectivity index (χ1) is 17.6. The van der Waals surface area contributed by atoms with Gasteiger partial charge in [-0.25, -0.2) is 8.42 Å². The number of hydrogen-bond acceptors (Lipinski definition) is 6. The fourth-order valence-electron chi connectivity index (χ4n) is 4.81. The van der Waals surface area contributed by atoms with Crippen LogP contribution in [0.4, 0.5) is 11.5 Å². The predicted molar refractivity (Wildman–Crippen MR) is 147 cm³/mol. The zero-order valence-electron chi connectivity index (χ0n) is 20.5. The number of aryl methyl sites for hydroxylation is 1. The Morgan fingerprint density at radius 3 is 2.47 bits per heavy atom. The minimum absolute atomic E-state index is 0. The van der Waals surface area contributed by atoms with E-state index in [2.05, 4.69) is 4.72 Å². The molecule has 1 aliphatic heterocycles. The summed E-state index contributed by atoms with van der Waals surface area (Å²) in [7, 11) is -4.13. The van der Waals surface area contributed by atoms with Crippen molar-refractivity contribution in [3.63, 3.8) is 0 Å². The van der Waals surface area contributed by atoms with Crippen molar-refractivity contribution in [1.29, 1.82) is 5.41 Å². The molecule has 1 atom stereocenters. The number of hydrogen-bond donors (Lipinski definition) is 4. The minimum atomic E-state index is -4.13. The van der Waals surface area contributed by atoms with E-state index in [0.717, 1.165) is 35.9 Å². The molecule has 1 aromatic heterocycles. The number of aromatic nitrogens is 1. The van der Waals surface area contributed by atoms with Crippen molar-refractivity contribution in [3.8, 4) is 0 Å². The number of halogens is 1. The Labute approximate surface area is 226 Å². The number of nitrogens with zero attached hydrogens (tertiary/aromatic N) is 3. The highest BCUT2D eigenvalue weighted by atomic mass is 35.5. The zero-order valence-corrected chi connectivity index (χ0v) is 22.1. The number of anilines is 1. The lowest BCUT2D eigenvalue weighted by atomic mass is 9.98. The third-order valence-electron chi connectivity index (χ3n) is 6.59. The van der Waals surface area contributed by atoms with Crippen LogP contribution in [0.1, 0.15) is 24.8 Å². The van der Waals surface area contributed by atoms with Gasteiger partial charge in [-0.1, -0.05) is 18.2 Å². The van der Waals surface area contributed by atoms with Gasteiger partial charge in [-0.15, -0.1) is 12.4 Å². The second kappa shape index (κ2) is 11.7. The van der Waals surface area contributed by atoms with Crippen molar-refractivity contribution in [2.75, 3.05) is 17.8 Å². The van der Waals surface area contributed by atoms with Crippen LogP contribution in [-0.4, -0.2) is 47.8 Å². The summed E-state index contributed by atoms with van der Waals surface area (Å²) in [6, 6.07) is 12.1. The van der Waals surface area contributed by atoms with E-state index >= 15 is 0 Å². The van der Waals surface area contributed by atoms with Gasteiger partial charge in [0.15, 0.2) is 5.96 Å². The van der Waals surface area contributed by atoms with Crippen molar-refractivity contribution in [2.45, 2.75) is 37.1 Å². The summed E-state index contributed by atoms with van der Waals surface area (Å²) in [5.41, 5.74) is 12.3. The van der Waals surface area contributed by atoms with Gasteiger partial charge >= 0.3 is 0 Å². The number of sulfonamides is 1. The number of benzene rings is 2. The Kier molecular flexibility index (Phi) is 8.84. The zero-order chi connectivity index (χ0) is 26.7. The molecule has 2 aromatic carbocycles. The van der Waals surface area contributed by atoms with Crippen molar-refractivity contribution in [2.24, 2.45) is 17.4 Å². The molecule has 12 nitrogen and oxygen atoms in total. The van der Waals surface area contributed by atoms with Gasteiger partial charge in [-0.05, 0) is 43.4 Å². The Bertz CT molecular complexity index is 1460. The van der Waals surface area contributed by atoms with Crippen molar-refractivity contribution in [3.05, 3.63) is 64.2 Å². The van der Waals surface area contributed by atoms with Crippen LogP contribution in [0.25, 0.3) is 10.9 Å². The molecule has 2 heterocycles. The number of nitro groups is 1. The summed E-state index contributed by atoms with van der Waals surface area (Å²) < 4.78 is 31.4. The third kappa shape index (κ3) is 6.17. The van der Waals surface area contributed by atoms with Gasteiger partial charge in [-0.2, -0.15) is 0 Å². The number of nitro benzene ring substituents is 1. The fourth-order valence-corrected chi connectivity index (χ4v) is 5.91. The molecule has 4 rings (SSSR count). The summed E-state index contributed by atoms with van der Waals surface area (Å²) in [5.74, 6) is -0.0884. The Morgan fingerprint density at radius 1 is 1.16 bits per heavy atom. The molecule has 1 aliphatic rings. The minimum Gasteiger partial charge on any atom is -0.370 e. The molecule has 1 saturated heterocycles. The number of primary amides is 1. The van der Waals surface area contributed by atoms with Crippen LogP contribution in [0.5, 0.6) is 0 Å². The average Bonchev–Trinajstić information content (AvgIpc) is 3.14. The van der Waals surface area contributed by atoms with Crippen molar-refractivity contribution >= 4 is 56.7 Å². The first-order valence-corrected chi connectivity index (χ1v) is 13.3. The molecule has 3 aromatic rings. The number of fused-ring (bicyclic) bond motifs is 1. The highest BCUT2D eigenvalue weighted by Crippen LogP contribution is 2.35. The fraction of sp³-hybridized carbons (Fsp3) is 0.333. The first-order valence-electron chi connectivity index (χ1n) is 11.8. The van der Waals surface area contributed by atoms with Crippen LogP contribution >= 0.6 is 12.4 Å². The van der Waals surface area contributed by atoms with Crippen LogP contribution in [0.15, 0.2) is 53.4 Å². The monoisotopic (exact) mass is 563 g/mol. The van der Waals surface area contributed by atoms with Crippen LogP contribution in [0.3, 0.4) is 0 Å². The van der Waals surface area contributed by atoms with E-state index in [1.165, 1.54) is 12.1 Å². The molecule has 0 saturated carbocycles. The first kappa shape index (κ1) is 28.7. The molecular formula is C24H30ClN7O5S. The molecule has 38 heavy (non-hydrogen) atoms. The van der Waals surface area contributed by atoms with E-state index in [9.17, 15) is 23.3 Å². The molecule has 1 fully saturated rings. The van der Waals surface area contributed by atoms with Gasteiger partial charge in [-0.3, -0.25) is 25.0 Å². The van der Waals surface area contributed by atoms with Crippen LogP contribution in [0, 0.1) is 21.4 Å². The standard InChI is InChI=1S/C24H29N7O5S.ClH/c25-22(32)12-11-20-19-5-1-2-6-21(19)30(15-16-4-3-13-29(14-16)24(26)27)23(20)28-37(35,36)18-9-7-17(8-10-18)31(33)34;/h1-2,5-10,16,28H,3-4,11-15H2,(H2,25,32)(H3,26,27);1H/t16-;/m1./s1. The Balaban J connectivity index is 0.00000400. The number of piperidine rings is 1. The van der Waals surface area contributed by atoms with Crippen molar-refractivity contribution in [1.82, 2.24) is 9.47 Å². The molecule has 0 radical (unpaired) electrons. The highest BCUT2D eigenvalue weighted by Gasteiger charge is 2.27. The number of rotatable bonds is 9. The Hall–Kier alpha value is -3.84. The molecule has 0 bridgehead atoms. The van der Waals surface area contributed by atoms with E-state index in [0.29, 0.717) is 31.0 Å². The molecular weight excluding hydrogens is 534 g/mol. The lowest BCUT2D eigenvalue weighted by Gasteiger charge is -2.33. The maximum atomic E-state index is 13.4. The number of amides is 1. The smallest absolute Gasteiger partial charge is 0.269 e. The number of nitrogens with two attached hydrogens (primary N) is 2. The second-order valence-corrected chi connectivity index (χ2v) is 10.8. The summed E-state index contributed by atoms with van der Waals surface area (Å²) in [6.45, 7) is 1.72. The van der Waals surface area contributed by atoms with Crippen LogP contribution < -0.4 is 16.2 Å². The predicted octanol–water partition coefficient (Wildman–Crippen LogP) is 2.80. The quantitative estimate of drug-likeness (QED) is 0.133. The summed E-state index contributed by atoms with van der Waals surface area (Å²) >= 11 is 0. The van der Waals surface area contributed by atoms with Gasteiger partial charge in [0.2, 0.25) is 5.91 Å². The maximum Gasteiger partial charge on any atom is 0.269 e. The lowest BCUT2D eigenvalue weighted by Crippen LogP contribution is -2.44. The third-order valence-corrected chi connectivity index (χ3v) is 7.94. The van der Waals surface area contributed by atoms with E-state index in [-0.39, 0.29) is 47.7 Å². The SMILES string of the molecule is Cl.N=C(N)N1CCC[C@@H](Cn2c(NS(=O)(=O)c3ccc([N+](=O)[O-])cc3)c(CCC(N)=O)c3ccccc32)C1. The molecule has 14 heteroatoms. The molecule has 0 unspecified atom stereocenters. The van der Waals surface area contributed by atoms with Gasteiger partial charge in [0.1, 0.15) is 5.82 Å². The summed E-state index contributed by atoms with van der Waals surface area (Å²) in [4.78, 5) is 23.7. The van der Waals surface area contributed by atoms with Gasteiger partial charge < -0.3 is 20.9 Å². The number of carbonyl (C=O) groups excluding carboxylic acids is 1. The molecule has 204 valence electrons. The molecule has 0 aliphatic carbocycles. The molecule has 6 N–H and O–H groups in total. The van der Waals surface area contributed by atoms with Gasteiger partial charge in [0.25, 0.3) is 15.7 Å². The van der Waals surface area contributed by atoms with E-state index in [4.69, 9.17) is 16.9 Å². The molecule has 1 amide bonds. The summed E-state index contributed by atoms with van der Waals surface area (Å²) in [6.07, 6.45) is 1.98. The van der Waals surface area contributed by atoms with Crippen molar-refractivity contribution < 1.29 is 18.1 Å². The molecule has 0 spiro atoms. The van der Waals surface area contributed by atoms with Gasteiger partial charge in [0.05, 0.1) is 9.82 Å². The number of non-ortho nitro benzene ring substituents is 1. The largest absolute Gasteiger partial charge is 0.370 e. The maximum absolute atomic E-state index is 13.4. The average molecular weight is 564 g/mol. The van der Waals surface area contributed by atoms with E-state index < -0.39 is 20.9 Å². The topological polar surface area (TPSA) is 190 Å². The highest BCUT2D eigenvalue weighted by molar-refractivity contribution is 7.92. The number of guanidine groups is 1. The number of nitrogens with one attached hydrogen (secondary N) is 2. The van der Waals surface area contributed by atoms with Gasteiger partial charge in [0, 0.05) is 54.7 Å². The van der Waals surface area contributed by atoms with Crippen LogP contribution in [0.2, 0.25) is 0 Å². The number of para-hydroxylation sites is 1. The van der Waals surface area contributed by atoms with E-state index in [1.54, 1.807) is 4.90 Å². The second-order valence-electron chi connectivity index (χ2n) is 9.12. The lowest BCUT2D eigenvalue weighted by molar-refractivity contribution is -0.384. The van der Waals surface area contributed by atoms with Crippen LogP contribution in [-0.2, 0) is 27.8 Å². The summed E-state index contributed by atoms with van der Waals surface area (Å²) in [5, 5.41) is 19.6. The normalized spacial score (nSPS) is 15.6. The van der Waals surface area contributed by atoms with E-state index in [1.807, 2.05) is 28.8 Å².